The molecular weight excluding hydrogens is 355 g/mol. The summed E-state index contributed by atoms with van der Waals surface area (Å²) in [7, 11) is -3.58. The summed E-state index contributed by atoms with van der Waals surface area (Å²) in [6, 6.07) is 4.41. The highest BCUT2D eigenvalue weighted by molar-refractivity contribution is 7.89. The monoisotopic (exact) mass is 382 g/mol. The second-order valence-electron chi connectivity index (χ2n) is 7.82. The molecular formula is C19H27FN2O3S. The Morgan fingerprint density at radius 3 is 2.38 bits per heavy atom. The number of fused-ring (bicyclic) bond motifs is 2. The highest BCUT2D eigenvalue weighted by Gasteiger charge is 2.45. The van der Waals surface area contributed by atoms with Crippen molar-refractivity contribution in [3.8, 4) is 0 Å². The zero-order valence-corrected chi connectivity index (χ0v) is 16.0. The van der Waals surface area contributed by atoms with Gasteiger partial charge in [-0.05, 0) is 55.4 Å². The van der Waals surface area contributed by atoms with Crippen molar-refractivity contribution in [1.82, 2.24) is 9.21 Å². The van der Waals surface area contributed by atoms with Crippen molar-refractivity contribution in [2.45, 2.75) is 37.1 Å². The number of aryl methyl sites for hydroxylation is 1. The van der Waals surface area contributed by atoms with Crippen LogP contribution in [0.4, 0.5) is 4.39 Å². The molecule has 144 valence electrons. The number of sulfonamides is 1. The van der Waals surface area contributed by atoms with Crippen LogP contribution in [-0.2, 0) is 14.8 Å². The molecule has 2 unspecified atom stereocenters. The van der Waals surface area contributed by atoms with Crippen molar-refractivity contribution in [3.05, 3.63) is 29.6 Å². The van der Waals surface area contributed by atoms with Crippen molar-refractivity contribution in [2.24, 2.45) is 11.8 Å². The Kier molecular flexibility index (Phi) is 5.07. The van der Waals surface area contributed by atoms with E-state index in [0.29, 0.717) is 36.5 Å². The standard InChI is InChI=1S/C19H27FN2O3S/c1-14-11-17(20)5-6-18(14)26(23,24)22-12-15-3-2-4-16(13-22)19(15)21-7-9-25-10-8-21/h5-6,11,15-16,19H,2-4,7-10,12-13H2,1H3. The third-order valence-electron chi connectivity index (χ3n) is 6.21. The maximum absolute atomic E-state index is 13.4. The first-order valence-corrected chi connectivity index (χ1v) is 11.0. The first-order valence-electron chi connectivity index (χ1n) is 9.55. The molecule has 0 radical (unpaired) electrons. The fourth-order valence-corrected chi connectivity index (χ4v) is 6.83. The quantitative estimate of drug-likeness (QED) is 0.805. The Labute approximate surface area is 155 Å². The number of hydrogen-bond acceptors (Lipinski definition) is 4. The van der Waals surface area contributed by atoms with E-state index in [1.165, 1.54) is 24.6 Å². The summed E-state index contributed by atoms with van der Waals surface area (Å²) in [5.41, 5.74) is 0.477. The number of halogens is 1. The van der Waals surface area contributed by atoms with E-state index in [1.807, 2.05) is 0 Å². The number of ether oxygens (including phenoxy) is 1. The SMILES string of the molecule is Cc1cc(F)ccc1S(=O)(=O)N1CC2CCCC(C1)C2N1CCOCC1. The molecule has 0 spiro atoms. The molecule has 4 rings (SSSR count). The minimum Gasteiger partial charge on any atom is -0.379 e. The van der Waals surface area contributed by atoms with Gasteiger partial charge in [-0.1, -0.05) is 6.42 Å². The van der Waals surface area contributed by atoms with E-state index in [9.17, 15) is 12.8 Å². The summed E-state index contributed by atoms with van der Waals surface area (Å²) in [4.78, 5) is 2.76. The molecule has 2 saturated heterocycles. The lowest BCUT2D eigenvalue weighted by Gasteiger charge is -2.51. The van der Waals surface area contributed by atoms with Gasteiger partial charge in [0.1, 0.15) is 5.82 Å². The van der Waals surface area contributed by atoms with Gasteiger partial charge in [0.15, 0.2) is 0 Å². The lowest BCUT2D eigenvalue weighted by Crippen LogP contribution is -2.60. The fourth-order valence-electron chi connectivity index (χ4n) is 5.07. The van der Waals surface area contributed by atoms with E-state index in [1.54, 1.807) is 11.2 Å². The molecule has 1 aliphatic carbocycles. The molecule has 3 fully saturated rings. The van der Waals surface area contributed by atoms with Gasteiger partial charge < -0.3 is 4.74 Å². The van der Waals surface area contributed by atoms with Crippen molar-refractivity contribution in [1.29, 1.82) is 0 Å². The number of benzene rings is 1. The van der Waals surface area contributed by atoms with Gasteiger partial charge in [-0.2, -0.15) is 4.31 Å². The Balaban J connectivity index is 1.58. The number of piperidine rings is 1. The van der Waals surface area contributed by atoms with Crippen LogP contribution in [0.2, 0.25) is 0 Å². The average molecular weight is 383 g/mol. The first-order chi connectivity index (χ1) is 12.5. The maximum atomic E-state index is 13.4. The van der Waals surface area contributed by atoms with Crippen molar-refractivity contribution >= 4 is 10.0 Å². The molecule has 0 aromatic heterocycles. The second kappa shape index (κ2) is 7.19. The maximum Gasteiger partial charge on any atom is 0.243 e. The number of nitrogens with zero attached hydrogens (tertiary/aromatic N) is 2. The van der Waals surface area contributed by atoms with E-state index in [4.69, 9.17) is 4.74 Å². The Hall–Kier alpha value is -1.02. The van der Waals surface area contributed by atoms with E-state index in [0.717, 1.165) is 39.1 Å². The molecule has 1 aromatic rings. The number of morpholine rings is 1. The lowest BCUT2D eigenvalue weighted by atomic mass is 9.73. The third kappa shape index (κ3) is 3.30. The van der Waals surface area contributed by atoms with Crippen LogP contribution in [0.15, 0.2) is 23.1 Å². The van der Waals surface area contributed by atoms with Crippen LogP contribution >= 0.6 is 0 Å². The summed E-state index contributed by atoms with van der Waals surface area (Å²) < 4.78 is 46.9. The van der Waals surface area contributed by atoms with Crippen LogP contribution < -0.4 is 0 Å². The van der Waals surface area contributed by atoms with Gasteiger partial charge in [0, 0.05) is 32.2 Å². The van der Waals surface area contributed by atoms with E-state index in [2.05, 4.69) is 4.90 Å². The van der Waals surface area contributed by atoms with Gasteiger partial charge >= 0.3 is 0 Å². The minimum atomic E-state index is -3.58. The van der Waals surface area contributed by atoms with Gasteiger partial charge in [0.25, 0.3) is 0 Å². The number of rotatable bonds is 3. The van der Waals surface area contributed by atoms with Crippen LogP contribution in [0.5, 0.6) is 0 Å². The molecule has 26 heavy (non-hydrogen) atoms. The minimum absolute atomic E-state index is 0.238. The molecule has 7 heteroatoms. The average Bonchev–Trinajstić information content (AvgIpc) is 2.61. The van der Waals surface area contributed by atoms with Gasteiger partial charge in [0.05, 0.1) is 18.1 Å². The normalized spacial score (nSPS) is 31.1. The zero-order valence-electron chi connectivity index (χ0n) is 15.2. The van der Waals surface area contributed by atoms with E-state index in [-0.39, 0.29) is 4.90 Å². The van der Waals surface area contributed by atoms with Crippen molar-refractivity contribution < 1.29 is 17.5 Å². The largest absolute Gasteiger partial charge is 0.379 e. The van der Waals surface area contributed by atoms with E-state index < -0.39 is 15.8 Å². The summed E-state index contributed by atoms with van der Waals surface area (Å²) in [5.74, 6) is 0.344. The van der Waals surface area contributed by atoms with Gasteiger partial charge in [-0.3, -0.25) is 4.90 Å². The summed E-state index contributed by atoms with van der Waals surface area (Å²) in [6.07, 6.45) is 3.33. The predicted octanol–water partition coefficient (Wildman–Crippen LogP) is 2.26. The highest BCUT2D eigenvalue weighted by atomic mass is 32.2. The van der Waals surface area contributed by atoms with Crippen LogP contribution in [0.25, 0.3) is 0 Å². The highest BCUT2D eigenvalue weighted by Crippen LogP contribution is 2.40. The molecule has 2 atom stereocenters. The van der Waals surface area contributed by atoms with Crippen LogP contribution in [-0.4, -0.2) is 63.1 Å². The third-order valence-corrected chi connectivity index (χ3v) is 8.21. The van der Waals surface area contributed by atoms with Crippen LogP contribution in [0.1, 0.15) is 24.8 Å². The second-order valence-corrected chi connectivity index (χ2v) is 9.73. The number of hydrogen-bond donors (Lipinski definition) is 0. The Morgan fingerprint density at radius 2 is 1.77 bits per heavy atom. The van der Waals surface area contributed by atoms with Crippen LogP contribution in [0, 0.1) is 24.6 Å². The zero-order chi connectivity index (χ0) is 18.3. The molecule has 2 bridgehead atoms. The smallest absolute Gasteiger partial charge is 0.243 e. The van der Waals surface area contributed by atoms with Crippen molar-refractivity contribution in [3.63, 3.8) is 0 Å². The molecule has 1 saturated carbocycles. The lowest BCUT2D eigenvalue weighted by molar-refractivity contribution is -0.0480. The molecule has 2 aliphatic heterocycles. The fraction of sp³-hybridized carbons (Fsp3) is 0.684. The predicted molar refractivity (Wildman–Crippen MR) is 96.9 cm³/mol. The summed E-state index contributed by atoms with van der Waals surface area (Å²) >= 11 is 0. The Bertz CT molecular complexity index is 750. The molecule has 0 N–H and O–H groups in total. The first kappa shape index (κ1) is 18.3. The van der Waals surface area contributed by atoms with Crippen molar-refractivity contribution in [2.75, 3.05) is 39.4 Å². The van der Waals surface area contributed by atoms with Crippen LogP contribution in [0.3, 0.4) is 0 Å². The molecule has 0 amide bonds. The van der Waals surface area contributed by atoms with Gasteiger partial charge in [-0.25, -0.2) is 12.8 Å². The molecule has 3 aliphatic rings. The topological polar surface area (TPSA) is 49.9 Å². The molecule has 1 aromatic carbocycles. The molecule has 5 nitrogen and oxygen atoms in total. The summed E-state index contributed by atoms with van der Waals surface area (Å²) in [6.45, 7) is 6.23. The van der Waals surface area contributed by atoms with Gasteiger partial charge in [-0.15, -0.1) is 0 Å². The summed E-state index contributed by atoms with van der Waals surface area (Å²) in [5, 5.41) is 0. The Morgan fingerprint density at radius 1 is 1.12 bits per heavy atom. The van der Waals surface area contributed by atoms with E-state index >= 15 is 0 Å². The van der Waals surface area contributed by atoms with Gasteiger partial charge in [0.2, 0.25) is 10.0 Å². The molecule has 2 heterocycles.